The van der Waals surface area contributed by atoms with Gasteiger partial charge in [-0.3, -0.25) is 10.1 Å². The Morgan fingerprint density at radius 1 is 1.35 bits per heavy atom. The normalized spacial score (nSPS) is 10.7. The predicted molar refractivity (Wildman–Crippen MR) is 72.7 cm³/mol. The van der Waals surface area contributed by atoms with E-state index >= 15 is 0 Å². The standard InChI is InChI=1S/C12H16N6O2/c1-6(2)10-14-5-8(13-4)9(15-10)11(19)16-12-18-17-7(3)20-12/h5-6,13H,1-4H3,(H,16,18,19). The van der Waals surface area contributed by atoms with Gasteiger partial charge in [-0.25, -0.2) is 9.97 Å². The molecule has 0 unspecified atom stereocenters. The van der Waals surface area contributed by atoms with Crippen LogP contribution in [0.4, 0.5) is 11.7 Å². The molecule has 2 aromatic rings. The third kappa shape index (κ3) is 2.90. The number of nitrogens with one attached hydrogen (secondary N) is 2. The Hall–Kier alpha value is -2.51. The van der Waals surface area contributed by atoms with Crippen LogP contribution in [0.25, 0.3) is 0 Å². The van der Waals surface area contributed by atoms with Crippen LogP contribution in [0.2, 0.25) is 0 Å². The monoisotopic (exact) mass is 276 g/mol. The number of amides is 1. The van der Waals surface area contributed by atoms with Gasteiger partial charge in [-0.1, -0.05) is 18.9 Å². The van der Waals surface area contributed by atoms with Crippen molar-refractivity contribution in [2.75, 3.05) is 17.7 Å². The Kier molecular flexibility index (Phi) is 3.92. The van der Waals surface area contributed by atoms with E-state index in [-0.39, 0.29) is 17.6 Å². The van der Waals surface area contributed by atoms with Crippen molar-refractivity contribution in [3.63, 3.8) is 0 Å². The van der Waals surface area contributed by atoms with Gasteiger partial charge in [-0.2, -0.15) is 0 Å². The summed E-state index contributed by atoms with van der Waals surface area (Å²) in [4.78, 5) is 20.7. The Bertz CT molecular complexity index is 622. The van der Waals surface area contributed by atoms with Crippen LogP contribution >= 0.6 is 0 Å². The van der Waals surface area contributed by atoms with Crippen LogP contribution in [-0.4, -0.2) is 33.1 Å². The molecule has 8 nitrogen and oxygen atoms in total. The van der Waals surface area contributed by atoms with Gasteiger partial charge >= 0.3 is 6.01 Å². The second-order valence-electron chi connectivity index (χ2n) is 4.48. The maximum atomic E-state index is 12.2. The molecule has 8 heteroatoms. The number of hydrogen-bond acceptors (Lipinski definition) is 7. The van der Waals surface area contributed by atoms with Crippen molar-refractivity contribution in [3.05, 3.63) is 23.6 Å². The molecule has 0 saturated heterocycles. The lowest BCUT2D eigenvalue weighted by Gasteiger charge is -2.10. The van der Waals surface area contributed by atoms with Crippen molar-refractivity contribution < 1.29 is 9.21 Å². The summed E-state index contributed by atoms with van der Waals surface area (Å²) in [6.45, 7) is 5.55. The van der Waals surface area contributed by atoms with Crippen molar-refractivity contribution >= 4 is 17.6 Å². The van der Waals surface area contributed by atoms with E-state index in [1.54, 1.807) is 20.2 Å². The Morgan fingerprint density at radius 3 is 2.65 bits per heavy atom. The third-order valence-electron chi connectivity index (χ3n) is 2.55. The molecule has 2 aromatic heterocycles. The first kappa shape index (κ1) is 13.9. The van der Waals surface area contributed by atoms with Crippen LogP contribution in [-0.2, 0) is 0 Å². The summed E-state index contributed by atoms with van der Waals surface area (Å²) in [5.41, 5.74) is 0.769. The van der Waals surface area contributed by atoms with Crippen molar-refractivity contribution in [3.8, 4) is 0 Å². The molecule has 0 bridgehead atoms. The average molecular weight is 276 g/mol. The molecule has 20 heavy (non-hydrogen) atoms. The first-order chi connectivity index (χ1) is 9.51. The zero-order chi connectivity index (χ0) is 14.7. The lowest BCUT2D eigenvalue weighted by molar-refractivity contribution is 0.101. The number of nitrogens with zero attached hydrogens (tertiary/aromatic N) is 4. The number of hydrogen-bond donors (Lipinski definition) is 2. The van der Waals surface area contributed by atoms with Gasteiger partial charge in [-0.05, 0) is 0 Å². The molecule has 0 radical (unpaired) electrons. The van der Waals surface area contributed by atoms with Gasteiger partial charge < -0.3 is 9.73 Å². The summed E-state index contributed by atoms with van der Waals surface area (Å²) in [5.74, 6) is 0.663. The highest BCUT2D eigenvalue weighted by atomic mass is 16.4. The van der Waals surface area contributed by atoms with Gasteiger partial charge in [0, 0.05) is 19.9 Å². The fourth-order valence-corrected chi connectivity index (χ4v) is 1.53. The molecule has 0 aromatic carbocycles. The first-order valence-corrected chi connectivity index (χ1v) is 6.17. The molecule has 0 fully saturated rings. The second kappa shape index (κ2) is 5.64. The summed E-state index contributed by atoms with van der Waals surface area (Å²) in [7, 11) is 1.70. The van der Waals surface area contributed by atoms with E-state index in [0.717, 1.165) is 0 Å². The summed E-state index contributed by atoms with van der Waals surface area (Å²) in [6.07, 6.45) is 1.58. The van der Waals surface area contributed by atoms with Crippen molar-refractivity contribution in [1.82, 2.24) is 20.2 Å². The van der Waals surface area contributed by atoms with E-state index in [9.17, 15) is 4.79 Å². The summed E-state index contributed by atoms with van der Waals surface area (Å²) < 4.78 is 5.11. The maximum absolute atomic E-state index is 12.2. The quantitative estimate of drug-likeness (QED) is 0.873. The van der Waals surface area contributed by atoms with Gasteiger partial charge in [-0.15, -0.1) is 5.10 Å². The molecular formula is C12H16N6O2. The largest absolute Gasteiger partial charge is 0.408 e. The van der Waals surface area contributed by atoms with Crippen LogP contribution in [0, 0.1) is 6.92 Å². The van der Waals surface area contributed by atoms with Gasteiger partial charge in [0.15, 0.2) is 5.69 Å². The summed E-state index contributed by atoms with van der Waals surface area (Å²) in [5, 5.41) is 12.7. The van der Waals surface area contributed by atoms with E-state index in [4.69, 9.17) is 4.42 Å². The minimum atomic E-state index is -0.428. The van der Waals surface area contributed by atoms with Gasteiger partial charge in [0.05, 0.1) is 11.9 Å². The number of aryl methyl sites for hydroxylation is 1. The van der Waals surface area contributed by atoms with Gasteiger partial charge in [0.1, 0.15) is 5.82 Å². The molecule has 0 aliphatic rings. The third-order valence-corrected chi connectivity index (χ3v) is 2.55. The minimum Gasteiger partial charge on any atom is -0.408 e. The number of rotatable bonds is 4. The molecule has 0 saturated carbocycles. The molecular weight excluding hydrogens is 260 g/mol. The molecule has 0 atom stereocenters. The fourth-order valence-electron chi connectivity index (χ4n) is 1.53. The van der Waals surface area contributed by atoms with E-state index < -0.39 is 5.91 Å². The Balaban J connectivity index is 2.29. The first-order valence-electron chi connectivity index (χ1n) is 6.17. The molecule has 2 heterocycles. The van der Waals surface area contributed by atoms with Crippen molar-refractivity contribution in [2.24, 2.45) is 0 Å². The number of carbonyl (C=O) groups excluding carboxylic acids is 1. The molecule has 0 aliphatic carbocycles. The molecule has 106 valence electrons. The highest BCUT2D eigenvalue weighted by molar-refractivity contribution is 6.05. The topological polar surface area (TPSA) is 106 Å². The zero-order valence-corrected chi connectivity index (χ0v) is 11.8. The smallest absolute Gasteiger partial charge is 0.322 e. The van der Waals surface area contributed by atoms with E-state index in [1.165, 1.54) is 0 Å². The molecule has 2 N–H and O–H groups in total. The van der Waals surface area contributed by atoms with Crippen LogP contribution in [0.1, 0.15) is 42.0 Å². The molecule has 0 aliphatic heterocycles. The van der Waals surface area contributed by atoms with E-state index in [2.05, 4.69) is 30.8 Å². The van der Waals surface area contributed by atoms with Gasteiger partial charge in [0.25, 0.3) is 5.91 Å². The summed E-state index contributed by atoms with van der Waals surface area (Å²) >= 11 is 0. The lowest BCUT2D eigenvalue weighted by Crippen LogP contribution is -2.18. The van der Waals surface area contributed by atoms with Gasteiger partial charge in [0.2, 0.25) is 5.89 Å². The molecule has 0 spiro atoms. The van der Waals surface area contributed by atoms with Crippen LogP contribution in [0.15, 0.2) is 10.6 Å². The fraction of sp³-hybridized carbons (Fsp3) is 0.417. The SMILES string of the molecule is CNc1cnc(C(C)C)nc1C(=O)Nc1nnc(C)o1. The van der Waals surface area contributed by atoms with Crippen LogP contribution < -0.4 is 10.6 Å². The lowest BCUT2D eigenvalue weighted by atomic mass is 10.2. The number of aromatic nitrogens is 4. The predicted octanol–water partition coefficient (Wildman–Crippen LogP) is 1.59. The van der Waals surface area contributed by atoms with Crippen LogP contribution in [0.5, 0.6) is 0 Å². The van der Waals surface area contributed by atoms with Crippen molar-refractivity contribution in [2.45, 2.75) is 26.7 Å². The molecule has 1 amide bonds. The second-order valence-corrected chi connectivity index (χ2v) is 4.48. The van der Waals surface area contributed by atoms with Crippen LogP contribution in [0.3, 0.4) is 0 Å². The highest BCUT2D eigenvalue weighted by Crippen LogP contribution is 2.17. The maximum Gasteiger partial charge on any atom is 0.322 e. The van der Waals surface area contributed by atoms with Crippen molar-refractivity contribution in [1.29, 1.82) is 0 Å². The molecule has 2 rings (SSSR count). The van der Waals surface area contributed by atoms with E-state index in [1.807, 2.05) is 13.8 Å². The Morgan fingerprint density at radius 2 is 2.10 bits per heavy atom. The number of carbonyl (C=O) groups is 1. The van der Waals surface area contributed by atoms with E-state index in [0.29, 0.717) is 17.4 Å². The average Bonchev–Trinajstić information content (AvgIpc) is 2.83. The minimum absolute atomic E-state index is 0.0410. The zero-order valence-electron chi connectivity index (χ0n) is 11.8. The number of anilines is 2. The highest BCUT2D eigenvalue weighted by Gasteiger charge is 2.18. The summed E-state index contributed by atoms with van der Waals surface area (Å²) in [6, 6.07) is 0.0410. The Labute approximate surface area is 116 Å².